The predicted octanol–water partition coefficient (Wildman–Crippen LogP) is 6.77. The average molecular weight is 653 g/mol. The van der Waals surface area contributed by atoms with Crippen molar-refractivity contribution in [2.75, 3.05) is 42.6 Å². The van der Waals surface area contributed by atoms with Crippen LogP contribution in [0.15, 0.2) is 90.1 Å². The zero-order chi connectivity index (χ0) is 33.6. The highest BCUT2D eigenvalue weighted by atomic mass is 16.5. The van der Waals surface area contributed by atoms with Crippen LogP contribution < -0.4 is 15.4 Å². The number of pyridine rings is 2. The van der Waals surface area contributed by atoms with Gasteiger partial charge in [0.15, 0.2) is 0 Å². The van der Waals surface area contributed by atoms with Crippen LogP contribution in [0.5, 0.6) is 0 Å². The van der Waals surface area contributed by atoms with E-state index in [1.54, 1.807) is 19.2 Å². The first kappa shape index (κ1) is 34.8. The van der Waals surface area contributed by atoms with Gasteiger partial charge in [-0.05, 0) is 44.2 Å². The fraction of sp³-hybridized carbons (Fsp3) is 0.436. The highest BCUT2D eigenvalue weighted by Gasteiger charge is 2.31. The van der Waals surface area contributed by atoms with Crippen LogP contribution in [0, 0.1) is 5.92 Å². The van der Waals surface area contributed by atoms with Gasteiger partial charge in [0, 0.05) is 55.5 Å². The number of carbonyl (C=O) groups excluding carboxylic acids is 2. The number of rotatable bonds is 17. The molecule has 3 heterocycles. The zero-order valence-corrected chi connectivity index (χ0v) is 28.1. The van der Waals surface area contributed by atoms with E-state index in [0.29, 0.717) is 25.4 Å². The van der Waals surface area contributed by atoms with Crippen LogP contribution in [0.2, 0.25) is 0 Å². The molecule has 1 aliphatic rings. The van der Waals surface area contributed by atoms with E-state index in [-0.39, 0.29) is 30.5 Å². The second kappa shape index (κ2) is 18.2. The molecule has 48 heavy (non-hydrogen) atoms. The minimum Gasteiger partial charge on any atom is -0.465 e. The van der Waals surface area contributed by atoms with Crippen molar-refractivity contribution >= 4 is 34.0 Å². The summed E-state index contributed by atoms with van der Waals surface area (Å²) in [4.78, 5) is 47.8. The number of carbonyl (C=O) groups is 2. The summed E-state index contributed by atoms with van der Waals surface area (Å²) in [7, 11) is 0. The number of ether oxygens (including phenoxy) is 2. The van der Waals surface area contributed by atoms with E-state index in [1.807, 2.05) is 47.6 Å². The summed E-state index contributed by atoms with van der Waals surface area (Å²) in [5.41, 5.74) is 2.56. The van der Waals surface area contributed by atoms with Gasteiger partial charge in [0.25, 0.3) is 5.56 Å². The van der Waals surface area contributed by atoms with Crippen molar-refractivity contribution < 1.29 is 19.1 Å². The summed E-state index contributed by atoms with van der Waals surface area (Å²) >= 11 is 0. The molecular formula is C39H48N4O5. The van der Waals surface area contributed by atoms with Crippen LogP contribution in [-0.2, 0) is 32.2 Å². The third-order valence-electron chi connectivity index (χ3n) is 8.94. The second-order valence-electron chi connectivity index (χ2n) is 12.5. The van der Waals surface area contributed by atoms with Crippen LogP contribution in [0.3, 0.4) is 0 Å². The topological polar surface area (TPSA) is 94.0 Å². The standard InChI is InChI=1S/C39H48N4O5/c1-2-48-38(45)29-42-28-34(20-21-37(42)44)43(23-12-5-3-4-6-13-24-47-30-31-15-8-7-9-16-31)39(46)33-18-14-22-41(27-33)36-26-40-25-32-17-10-11-19-35(32)36/h7-11,15-17,19-21,25-26,28,33H,2-6,12-14,18,22-24,27,29-30H2,1H3/t33-/m0/s1. The number of benzene rings is 2. The van der Waals surface area contributed by atoms with Crippen molar-refractivity contribution in [3.63, 3.8) is 0 Å². The molecule has 0 saturated carbocycles. The van der Waals surface area contributed by atoms with Gasteiger partial charge < -0.3 is 23.8 Å². The summed E-state index contributed by atoms with van der Waals surface area (Å²) in [6, 6.07) is 21.6. The number of aromatic nitrogens is 2. The van der Waals surface area contributed by atoms with E-state index in [0.717, 1.165) is 81.0 Å². The van der Waals surface area contributed by atoms with E-state index in [2.05, 4.69) is 34.1 Å². The lowest BCUT2D eigenvalue weighted by Gasteiger charge is -2.36. The molecule has 9 nitrogen and oxygen atoms in total. The molecule has 9 heteroatoms. The Balaban J connectivity index is 1.20. The monoisotopic (exact) mass is 652 g/mol. The molecule has 0 bridgehead atoms. The molecule has 5 rings (SSSR count). The molecule has 0 unspecified atom stereocenters. The molecule has 2 aromatic heterocycles. The first-order chi connectivity index (χ1) is 23.5. The molecule has 1 atom stereocenters. The minimum absolute atomic E-state index is 0.0461. The maximum atomic E-state index is 14.3. The third-order valence-corrected chi connectivity index (χ3v) is 8.94. The van der Waals surface area contributed by atoms with E-state index >= 15 is 0 Å². The highest BCUT2D eigenvalue weighted by Crippen LogP contribution is 2.31. The van der Waals surface area contributed by atoms with Crippen molar-refractivity contribution in [1.82, 2.24) is 9.55 Å². The molecule has 1 fully saturated rings. The minimum atomic E-state index is -0.480. The van der Waals surface area contributed by atoms with Crippen molar-refractivity contribution in [1.29, 1.82) is 0 Å². The fourth-order valence-corrected chi connectivity index (χ4v) is 6.43. The second-order valence-corrected chi connectivity index (χ2v) is 12.5. The van der Waals surface area contributed by atoms with Gasteiger partial charge in [0.2, 0.25) is 5.91 Å². The Kier molecular flexibility index (Phi) is 13.2. The Morgan fingerprint density at radius 2 is 1.69 bits per heavy atom. The van der Waals surface area contributed by atoms with E-state index in [1.165, 1.54) is 16.2 Å². The maximum Gasteiger partial charge on any atom is 0.326 e. The highest BCUT2D eigenvalue weighted by molar-refractivity contribution is 5.96. The van der Waals surface area contributed by atoms with Crippen molar-refractivity contribution in [2.45, 2.75) is 71.4 Å². The van der Waals surface area contributed by atoms with Gasteiger partial charge in [0.05, 0.1) is 36.7 Å². The predicted molar refractivity (Wildman–Crippen MR) is 190 cm³/mol. The van der Waals surface area contributed by atoms with Crippen molar-refractivity contribution in [3.8, 4) is 0 Å². The normalized spacial score (nSPS) is 14.6. The number of anilines is 2. The third kappa shape index (κ3) is 9.76. The van der Waals surface area contributed by atoms with Crippen molar-refractivity contribution in [3.05, 3.63) is 101 Å². The number of hydrogen-bond acceptors (Lipinski definition) is 7. The molecule has 4 aromatic rings. The Bertz CT molecular complexity index is 1670. The molecule has 0 aliphatic carbocycles. The molecule has 254 valence electrons. The quantitative estimate of drug-likeness (QED) is 0.0919. The molecule has 0 radical (unpaired) electrons. The van der Waals surface area contributed by atoms with Gasteiger partial charge in [-0.3, -0.25) is 19.4 Å². The smallest absolute Gasteiger partial charge is 0.326 e. The number of amides is 1. The molecule has 1 aliphatic heterocycles. The number of unbranched alkanes of at least 4 members (excludes halogenated alkanes) is 5. The molecule has 0 spiro atoms. The van der Waals surface area contributed by atoms with Gasteiger partial charge in [0.1, 0.15) is 6.54 Å². The van der Waals surface area contributed by atoms with Crippen molar-refractivity contribution in [2.24, 2.45) is 5.92 Å². The number of hydrogen-bond donors (Lipinski definition) is 0. The van der Waals surface area contributed by atoms with E-state index in [4.69, 9.17) is 9.47 Å². The lowest BCUT2D eigenvalue weighted by atomic mass is 9.95. The molecular weight excluding hydrogens is 604 g/mol. The van der Waals surface area contributed by atoms with Gasteiger partial charge >= 0.3 is 5.97 Å². The first-order valence-corrected chi connectivity index (χ1v) is 17.4. The maximum absolute atomic E-state index is 14.3. The summed E-state index contributed by atoms with van der Waals surface area (Å²) in [6.45, 7) is 5.19. The summed E-state index contributed by atoms with van der Waals surface area (Å²) in [5, 5.41) is 2.21. The van der Waals surface area contributed by atoms with Crippen LogP contribution in [0.25, 0.3) is 10.8 Å². The summed E-state index contributed by atoms with van der Waals surface area (Å²) in [5.74, 6) is -0.643. The fourth-order valence-electron chi connectivity index (χ4n) is 6.43. The van der Waals surface area contributed by atoms with Gasteiger partial charge in [-0.2, -0.15) is 0 Å². The Morgan fingerprint density at radius 3 is 2.52 bits per heavy atom. The lowest BCUT2D eigenvalue weighted by molar-refractivity contribution is -0.143. The number of piperidine rings is 1. The van der Waals surface area contributed by atoms with E-state index in [9.17, 15) is 14.4 Å². The van der Waals surface area contributed by atoms with E-state index < -0.39 is 5.97 Å². The first-order valence-electron chi connectivity index (χ1n) is 17.4. The lowest BCUT2D eigenvalue weighted by Crippen LogP contribution is -2.45. The average Bonchev–Trinajstić information content (AvgIpc) is 3.12. The summed E-state index contributed by atoms with van der Waals surface area (Å²) in [6.07, 6.45) is 13.3. The number of esters is 1. The Hall–Kier alpha value is -4.50. The Morgan fingerprint density at radius 1 is 0.917 bits per heavy atom. The number of fused-ring (bicyclic) bond motifs is 1. The van der Waals surface area contributed by atoms with Crippen LogP contribution in [0.4, 0.5) is 11.4 Å². The molecule has 0 N–H and O–H groups in total. The van der Waals surface area contributed by atoms with Gasteiger partial charge in [-0.1, -0.05) is 80.3 Å². The number of nitrogens with zero attached hydrogens (tertiary/aromatic N) is 4. The van der Waals surface area contributed by atoms with Crippen LogP contribution >= 0.6 is 0 Å². The zero-order valence-electron chi connectivity index (χ0n) is 28.1. The largest absolute Gasteiger partial charge is 0.465 e. The van der Waals surface area contributed by atoms with Gasteiger partial charge in [-0.15, -0.1) is 0 Å². The Labute approximate surface area is 283 Å². The SMILES string of the molecule is CCOC(=O)Cn1cc(N(CCCCCCCCOCc2ccccc2)C(=O)[C@H]2CCCN(c3cncc4ccccc34)C2)ccc1=O. The molecule has 1 saturated heterocycles. The van der Waals surface area contributed by atoms with Crippen LogP contribution in [-0.4, -0.2) is 54.3 Å². The molecule has 1 amide bonds. The molecule has 2 aromatic carbocycles. The van der Waals surface area contributed by atoms with Crippen LogP contribution in [0.1, 0.15) is 63.9 Å². The summed E-state index contributed by atoms with van der Waals surface area (Å²) < 4.78 is 12.2. The van der Waals surface area contributed by atoms with Gasteiger partial charge in [-0.25, -0.2) is 0 Å².